The molecule has 2 heteroatoms. The van der Waals surface area contributed by atoms with Crippen LogP contribution in [0.4, 0.5) is 0 Å². The van der Waals surface area contributed by atoms with E-state index in [1.165, 1.54) is 24.8 Å². The van der Waals surface area contributed by atoms with Gasteiger partial charge in [0.2, 0.25) is 0 Å². The lowest BCUT2D eigenvalue weighted by atomic mass is 10.1. The van der Waals surface area contributed by atoms with Gasteiger partial charge in [-0.2, -0.15) is 0 Å². The smallest absolute Gasteiger partial charge is 0.0222 e. The van der Waals surface area contributed by atoms with Gasteiger partial charge >= 0.3 is 0 Å². The van der Waals surface area contributed by atoms with Crippen molar-refractivity contribution in [2.75, 3.05) is 13.6 Å². The van der Waals surface area contributed by atoms with Crippen LogP contribution in [-0.4, -0.2) is 13.6 Å². The second kappa shape index (κ2) is 11.2. The number of rotatable bonds is 5. The maximum atomic E-state index is 5.49. The molecule has 0 bridgehead atoms. The van der Waals surface area contributed by atoms with Gasteiger partial charge in [-0.3, -0.25) is 0 Å². The fourth-order valence-corrected chi connectivity index (χ4v) is 1.45. The molecule has 1 aromatic carbocycles. The Labute approximate surface area is 106 Å². The van der Waals surface area contributed by atoms with Crippen LogP contribution in [0.15, 0.2) is 36.5 Å². The summed E-state index contributed by atoms with van der Waals surface area (Å²) in [4.78, 5) is 0. The summed E-state index contributed by atoms with van der Waals surface area (Å²) < 4.78 is 0. The summed E-state index contributed by atoms with van der Waals surface area (Å²) in [6, 6.07) is 10.1. The number of hydrogen-bond donors (Lipinski definition) is 2. The van der Waals surface area contributed by atoms with Crippen molar-refractivity contribution in [3.63, 3.8) is 0 Å². The lowest BCUT2D eigenvalue weighted by molar-refractivity contribution is 0.772. The topological polar surface area (TPSA) is 38.0 Å². The molecule has 0 atom stereocenters. The molecule has 0 amide bonds. The average Bonchev–Trinajstić information content (AvgIpc) is 2.39. The molecule has 96 valence electrons. The largest absolute Gasteiger partial charge is 0.404 e. The van der Waals surface area contributed by atoms with E-state index in [-0.39, 0.29) is 0 Å². The van der Waals surface area contributed by atoms with Gasteiger partial charge in [-0.25, -0.2) is 0 Å². The molecular weight excluding hydrogens is 208 g/mol. The number of unbranched alkanes of at least 4 members (excludes halogenated alkanes) is 2. The molecule has 0 aliphatic heterocycles. The van der Waals surface area contributed by atoms with Crippen LogP contribution in [0, 0.1) is 0 Å². The van der Waals surface area contributed by atoms with Crippen molar-refractivity contribution in [1.82, 2.24) is 5.32 Å². The Balaban J connectivity index is 0.000000437. The summed E-state index contributed by atoms with van der Waals surface area (Å²) in [5.74, 6) is 0. The highest BCUT2D eigenvalue weighted by Gasteiger charge is 1.96. The first-order chi connectivity index (χ1) is 8.29. The molecule has 1 aromatic rings. The van der Waals surface area contributed by atoms with E-state index in [0.717, 1.165) is 12.1 Å². The highest BCUT2D eigenvalue weighted by molar-refractivity contribution is 5.66. The van der Waals surface area contributed by atoms with E-state index in [1.807, 2.05) is 25.2 Å². The third-order valence-corrected chi connectivity index (χ3v) is 2.42. The van der Waals surface area contributed by atoms with Crippen LogP contribution in [0.3, 0.4) is 0 Å². The molecule has 2 nitrogen and oxygen atoms in total. The molecule has 0 radical (unpaired) electrons. The van der Waals surface area contributed by atoms with Crippen LogP contribution in [-0.2, 0) is 0 Å². The van der Waals surface area contributed by atoms with E-state index in [4.69, 9.17) is 5.73 Å². The average molecular weight is 234 g/mol. The monoisotopic (exact) mass is 234 g/mol. The molecule has 0 spiro atoms. The van der Waals surface area contributed by atoms with Gasteiger partial charge < -0.3 is 11.1 Å². The summed E-state index contributed by atoms with van der Waals surface area (Å²) in [5, 5.41) is 3.07. The minimum Gasteiger partial charge on any atom is -0.404 e. The molecule has 0 saturated carbocycles. The summed E-state index contributed by atoms with van der Waals surface area (Å²) in [6.45, 7) is 5.23. The molecule has 17 heavy (non-hydrogen) atoms. The highest BCUT2D eigenvalue weighted by Crippen LogP contribution is 2.10. The first-order valence-corrected chi connectivity index (χ1v) is 6.40. The van der Waals surface area contributed by atoms with Crippen molar-refractivity contribution in [2.24, 2.45) is 5.73 Å². The van der Waals surface area contributed by atoms with Crippen LogP contribution >= 0.6 is 0 Å². The maximum absolute atomic E-state index is 5.49. The SMILES string of the molecule is CCCCC.CNC/C(=C\N)c1ccccc1. The predicted octanol–water partition coefficient (Wildman–Crippen LogP) is 3.40. The summed E-state index contributed by atoms with van der Waals surface area (Å²) in [7, 11) is 1.91. The summed E-state index contributed by atoms with van der Waals surface area (Å²) in [6.07, 6.45) is 5.72. The first kappa shape index (κ1) is 15.7. The normalized spacial score (nSPS) is 10.6. The Morgan fingerprint density at radius 2 is 1.76 bits per heavy atom. The Kier molecular flexibility index (Phi) is 10.4. The standard InChI is InChI=1S/C10H14N2.C5H12/c1-12-8-10(7-11)9-5-3-2-4-6-9;1-3-5-4-2/h2-7,12H,8,11H2,1H3;3-5H2,1-2H3/b10-7+;. The van der Waals surface area contributed by atoms with E-state index in [2.05, 4.69) is 31.3 Å². The van der Waals surface area contributed by atoms with Gasteiger partial charge in [0.25, 0.3) is 0 Å². The van der Waals surface area contributed by atoms with Crippen LogP contribution in [0.25, 0.3) is 5.57 Å². The number of hydrogen-bond acceptors (Lipinski definition) is 2. The minimum absolute atomic E-state index is 0.806. The minimum atomic E-state index is 0.806. The fourth-order valence-electron chi connectivity index (χ4n) is 1.45. The van der Waals surface area contributed by atoms with Crippen molar-refractivity contribution >= 4 is 5.57 Å². The summed E-state index contributed by atoms with van der Waals surface area (Å²) in [5.41, 5.74) is 7.79. The van der Waals surface area contributed by atoms with Crippen molar-refractivity contribution in [2.45, 2.75) is 33.1 Å². The van der Waals surface area contributed by atoms with E-state index in [1.54, 1.807) is 6.20 Å². The van der Waals surface area contributed by atoms with E-state index < -0.39 is 0 Å². The number of benzene rings is 1. The lowest BCUT2D eigenvalue weighted by Crippen LogP contribution is -2.10. The maximum Gasteiger partial charge on any atom is 0.0222 e. The zero-order chi connectivity index (χ0) is 12.9. The third-order valence-electron chi connectivity index (χ3n) is 2.42. The molecule has 1 rings (SSSR count). The van der Waals surface area contributed by atoms with Gasteiger partial charge in [-0.05, 0) is 24.4 Å². The van der Waals surface area contributed by atoms with Gasteiger partial charge in [0.15, 0.2) is 0 Å². The number of nitrogens with one attached hydrogen (secondary N) is 1. The van der Waals surface area contributed by atoms with Gasteiger partial charge in [0.05, 0.1) is 0 Å². The fraction of sp³-hybridized carbons (Fsp3) is 0.467. The van der Waals surface area contributed by atoms with E-state index >= 15 is 0 Å². The van der Waals surface area contributed by atoms with E-state index in [9.17, 15) is 0 Å². The van der Waals surface area contributed by atoms with Crippen molar-refractivity contribution in [3.05, 3.63) is 42.1 Å². The zero-order valence-electron chi connectivity index (χ0n) is 11.4. The molecule has 0 aliphatic carbocycles. The van der Waals surface area contributed by atoms with Gasteiger partial charge in [-0.1, -0.05) is 63.4 Å². The van der Waals surface area contributed by atoms with Crippen molar-refractivity contribution in [1.29, 1.82) is 0 Å². The Morgan fingerprint density at radius 3 is 2.12 bits per heavy atom. The Hall–Kier alpha value is -1.28. The molecule has 0 heterocycles. The molecule has 0 unspecified atom stereocenters. The van der Waals surface area contributed by atoms with Crippen LogP contribution < -0.4 is 11.1 Å². The predicted molar refractivity (Wildman–Crippen MR) is 77.7 cm³/mol. The Morgan fingerprint density at radius 1 is 1.18 bits per heavy atom. The van der Waals surface area contributed by atoms with E-state index in [0.29, 0.717) is 0 Å². The Bertz CT molecular complexity index is 289. The zero-order valence-corrected chi connectivity index (χ0v) is 11.4. The van der Waals surface area contributed by atoms with Gasteiger partial charge in [-0.15, -0.1) is 0 Å². The molecular formula is C15H26N2. The first-order valence-electron chi connectivity index (χ1n) is 6.40. The number of nitrogens with two attached hydrogens (primary N) is 1. The molecule has 0 saturated heterocycles. The van der Waals surface area contributed by atoms with Crippen molar-refractivity contribution < 1.29 is 0 Å². The van der Waals surface area contributed by atoms with Crippen molar-refractivity contribution in [3.8, 4) is 0 Å². The second-order valence-corrected chi connectivity index (χ2v) is 3.94. The lowest BCUT2D eigenvalue weighted by Gasteiger charge is -2.04. The molecule has 3 N–H and O–H groups in total. The van der Waals surface area contributed by atoms with Crippen LogP contribution in [0.1, 0.15) is 38.7 Å². The number of likely N-dealkylation sites (N-methyl/N-ethyl adjacent to an activating group) is 1. The molecule has 0 fully saturated rings. The summed E-state index contributed by atoms with van der Waals surface area (Å²) >= 11 is 0. The van der Waals surface area contributed by atoms with Gasteiger partial charge in [0, 0.05) is 6.54 Å². The molecule has 0 aromatic heterocycles. The van der Waals surface area contributed by atoms with Crippen LogP contribution in [0.5, 0.6) is 0 Å². The molecule has 0 aliphatic rings. The van der Waals surface area contributed by atoms with Crippen LogP contribution in [0.2, 0.25) is 0 Å². The highest BCUT2D eigenvalue weighted by atomic mass is 14.8. The quantitative estimate of drug-likeness (QED) is 0.819. The second-order valence-electron chi connectivity index (χ2n) is 3.94. The van der Waals surface area contributed by atoms with Gasteiger partial charge in [0.1, 0.15) is 0 Å². The third kappa shape index (κ3) is 7.58.